The molecule has 1 rings (SSSR count). The maximum atomic E-state index is 12.1. The maximum Gasteiger partial charge on any atom is 0.237 e. The lowest BCUT2D eigenvalue weighted by molar-refractivity contribution is -0.127. The zero-order valence-electron chi connectivity index (χ0n) is 12.5. The molecule has 0 saturated heterocycles. The molecule has 112 valence electrons. The first-order valence-electron chi connectivity index (χ1n) is 7.30. The van der Waals surface area contributed by atoms with Gasteiger partial charge in [0.15, 0.2) is 0 Å². The second-order valence-corrected chi connectivity index (χ2v) is 5.47. The second kappa shape index (κ2) is 8.51. The van der Waals surface area contributed by atoms with Gasteiger partial charge < -0.3 is 15.8 Å². The van der Waals surface area contributed by atoms with E-state index in [9.17, 15) is 4.79 Å². The Balaban J connectivity index is 2.49. The number of amides is 1. The highest BCUT2D eigenvalue weighted by Crippen LogP contribution is 2.28. The van der Waals surface area contributed by atoms with Crippen molar-refractivity contribution in [1.82, 2.24) is 10.2 Å². The number of rotatable bonds is 7. The Hall–Kier alpha value is -0.650. The molecule has 0 spiro atoms. The lowest BCUT2D eigenvalue weighted by Crippen LogP contribution is -2.52. The van der Waals surface area contributed by atoms with Crippen LogP contribution in [0.15, 0.2) is 0 Å². The molecule has 0 radical (unpaired) electrons. The SMILES string of the molecule is COCCNC(=O)C(C)N(C)C1CCCCC1CN. The average molecular weight is 271 g/mol. The van der Waals surface area contributed by atoms with Crippen LogP contribution in [0.25, 0.3) is 0 Å². The zero-order valence-corrected chi connectivity index (χ0v) is 12.5. The number of nitrogens with two attached hydrogens (primary N) is 1. The molecule has 0 aromatic heterocycles. The molecule has 3 unspecified atom stereocenters. The van der Waals surface area contributed by atoms with E-state index in [1.54, 1.807) is 7.11 Å². The monoisotopic (exact) mass is 271 g/mol. The molecule has 3 atom stereocenters. The molecule has 0 aromatic rings. The highest BCUT2D eigenvalue weighted by molar-refractivity contribution is 5.81. The molecule has 3 N–H and O–H groups in total. The van der Waals surface area contributed by atoms with E-state index in [1.807, 2.05) is 14.0 Å². The van der Waals surface area contributed by atoms with Crippen molar-refractivity contribution in [3.8, 4) is 0 Å². The molecule has 19 heavy (non-hydrogen) atoms. The first-order valence-corrected chi connectivity index (χ1v) is 7.30. The number of nitrogens with zero attached hydrogens (tertiary/aromatic N) is 1. The molecule has 5 nitrogen and oxygen atoms in total. The third-order valence-electron chi connectivity index (χ3n) is 4.29. The summed E-state index contributed by atoms with van der Waals surface area (Å²) in [6.45, 7) is 3.80. The van der Waals surface area contributed by atoms with E-state index >= 15 is 0 Å². The fraction of sp³-hybridized carbons (Fsp3) is 0.929. The van der Waals surface area contributed by atoms with Crippen molar-refractivity contribution in [2.75, 3.05) is 33.9 Å². The smallest absolute Gasteiger partial charge is 0.237 e. The Morgan fingerprint density at radius 1 is 1.47 bits per heavy atom. The number of carbonyl (C=O) groups excluding carboxylic acids is 1. The van der Waals surface area contributed by atoms with E-state index in [1.165, 1.54) is 19.3 Å². The molecular formula is C14H29N3O2. The summed E-state index contributed by atoms with van der Waals surface area (Å²) in [5, 5.41) is 2.90. The van der Waals surface area contributed by atoms with Gasteiger partial charge in [0.1, 0.15) is 0 Å². The van der Waals surface area contributed by atoms with Crippen LogP contribution in [0.1, 0.15) is 32.6 Å². The molecule has 0 bridgehead atoms. The highest BCUT2D eigenvalue weighted by Gasteiger charge is 2.31. The van der Waals surface area contributed by atoms with Crippen LogP contribution in [-0.2, 0) is 9.53 Å². The Morgan fingerprint density at radius 2 is 2.16 bits per heavy atom. The minimum atomic E-state index is -0.117. The summed E-state index contributed by atoms with van der Waals surface area (Å²) in [5.74, 6) is 0.592. The number of ether oxygens (including phenoxy) is 1. The fourth-order valence-electron chi connectivity index (χ4n) is 2.90. The Morgan fingerprint density at radius 3 is 2.79 bits per heavy atom. The van der Waals surface area contributed by atoms with Crippen molar-refractivity contribution in [2.45, 2.75) is 44.7 Å². The third-order valence-corrected chi connectivity index (χ3v) is 4.29. The predicted octanol–water partition coefficient (Wildman–Crippen LogP) is 0.587. The van der Waals surface area contributed by atoms with Gasteiger partial charge in [0.05, 0.1) is 12.6 Å². The average Bonchev–Trinajstić information content (AvgIpc) is 2.45. The van der Waals surface area contributed by atoms with Crippen LogP contribution in [0.3, 0.4) is 0 Å². The first kappa shape index (κ1) is 16.4. The van der Waals surface area contributed by atoms with Crippen molar-refractivity contribution in [1.29, 1.82) is 0 Å². The number of hydrogen-bond donors (Lipinski definition) is 2. The van der Waals surface area contributed by atoms with E-state index in [2.05, 4.69) is 10.2 Å². The van der Waals surface area contributed by atoms with Gasteiger partial charge in [0.2, 0.25) is 5.91 Å². The van der Waals surface area contributed by atoms with Gasteiger partial charge in [-0.05, 0) is 39.3 Å². The van der Waals surface area contributed by atoms with Gasteiger partial charge >= 0.3 is 0 Å². The normalized spacial score (nSPS) is 25.3. The fourth-order valence-corrected chi connectivity index (χ4v) is 2.90. The molecule has 1 amide bonds. The topological polar surface area (TPSA) is 67.6 Å². The number of carbonyl (C=O) groups is 1. The molecule has 1 fully saturated rings. The van der Waals surface area contributed by atoms with E-state index in [0.717, 1.165) is 6.42 Å². The summed E-state index contributed by atoms with van der Waals surface area (Å²) in [6, 6.07) is 0.316. The van der Waals surface area contributed by atoms with Gasteiger partial charge in [-0.25, -0.2) is 0 Å². The lowest BCUT2D eigenvalue weighted by Gasteiger charge is -2.40. The van der Waals surface area contributed by atoms with Gasteiger partial charge in [-0.1, -0.05) is 12.8 Å². The number of likely N-dealkylation sites (N-methyl/N-ethyl adjacent to an activating group) is 1. The van der Waals surface area contributed by atoms with Gasteiger partial charge in [-0.2, -0.15) is 0 Å². The van der Waals surface area contributed by atoms with E-state index in [4.69, 9.17) is 10.5 Å². The summed E-state index contributed by atoms with van der Waals surface area (Å²) < 4.78 is 4.94. The molecule has 1 saturated carbocycles. The molecule has 0 aliphatic heterocycles. The molecule has 1 aliphatic carbocycles. The van der Waals surface area contributed by atoms with Crippen molar-refractivity contribution in [2.24, 2.45) is 11.7 Å². The zero-order chi connectivity index (χ0) is 14.3. The van der Waals surface area contributed by atoms with E-state index < -0.39 is 0 Å². The van der Waals surface area contributed by atoms with Crippen molar-refractivity contribution in [3.05, 3.63) is 0 Å². The number of hydrogen-bond acceptors (Lipinski definition) is 4. The largest absolute Gasteiger partial charge is 0.383 e. The molecule has 0 heterocycles. The van der Waals surface area contributed by atoms with Crippen LogP contribution in [0, 0.1) is 5.92 Å². The summed E-state index contributed by atoms with van der Waals surface area (Å²) in [5.41, 5.74) is 5.86. The van der Waals surface area contributed by atoms with Gasteiger partial charge in [0.25, 0.3) is 0 Å². The molecular weight excluding hydrogens is 242 g/mol. The van der Waals surface area contributed by atoms with Crippen molar-refractivity contribution >= 4 is 5.91 Å². The number of nitrogens with one attached hydrogen (secondary N) is 1. The summed E-state index contributed by atoms with van der Waals surface area (Å²) in [6.07, 6.45) is 4.84. The van der Waals surface area contributed by atoms with Crippen LogP contribution < -0.4 is 11.1 Å². The lowest BCUT2D eigenvalue weighted by atomic mass is 9.83. The van der Waals surface area contributed by atoms with E-state index in [-0.39, 0.29) is 11.9 Å². The van der Waals surface area contributed by atoms with Crippen molar-refractivity contribution in [3.63, 3.8) is 0 Å². The Bertz CT molecular complexity index is 273. The van der Waals surface area contributed by atoms with Crippen LogP contribution in [0.5, 0.6) is 0 Å². The Labute approximate surface area is 116 Å². The van der Waals surface area contributed by atoms with Crippen LogP contribution >= 0.6 is 0 Å². The quantitative estimate of drug-likeness (QED) is 0.665. The van der Waals surface area contributed by atoms with Crippen molar-refractivity contribution < 1.29 is 9.53 Å². The van der Waals surface area contributed by atoms with Crippen LogP contribution in [0.4, 0.5) is 0 Å². The minimum Gasteiger partial charge on any atom is -0.383 e. The summed E-state index contributed by atoms with van der Waals surface area (Å²) in [4.78, 5) is 14.3. The third kappa shape index (κ3) is 4.75. The molecule has 1 aliphatic rings. The highest BCUT2D eigenvalue weighted by atomic mass is 16.5. The molecule has 5 heteroatoms. The molecule has 0 aromatic carbocycles. The summed E-state index contributed by atoms with van der Waals surface area (Å²) >= 11 is 0. The predicted molar refractivity (Wildman–Crippen MR) is 76.9 cm³/mol. The van der Waals surface area contributed by atoms with Crippen LogP contribution in [0.2, 0.25) is 0 Å². The standard InChI is InChI=1S/C14H29N3O2/c1-11(14(18)16-8-9-19-3)17(2)13-7-5-4-6-12(13)10-15/h11-13H,4-10,15H2,1-3H3,(H,16,18). The Kier molecular flexibility index (Phi) is 7.34. The minimum absolute atomic E-state index is 0.0703. The van der Waals surface area contributed by atoms with Gasteiger partial charge in [-0.15, -0.1) is 0 Å². The summed E-state index contributed by atoms with van der Waals surface area (Å²) in [7, 11) is 3.68. The number of methoxy groups -OCH3 is 1. The second-order valence-electron chi connectivity index (χ2n) is 5.47. The van der Waals surface area contributed by atoms with Gasteiger partial charge in [0, 0.05) is 19.7 Å². The van der Waals surface area contributed by atoms with Crippen LogP contribution in [-0.4, -0.2) is 56.7 Å². The maximum absolute atomic E-state index is 12.1. The van der Waals surface area contributed by atoms with E-state index in [0.29, 0.717) is 31.7 Å². The first-order chi connectivity index (χ1) is 9.11. The van der Waals surface area contributed by atoms with Gasteiger partial charge in [-0.3, -0.25) is 9.69 Å².